The summed E-state index contributed by atoms with van der Waals surface area (Å²) in [6.45, 7) is 6.62. The Bertz CT molecular complexity index is 275. The zero-order valence-electron chi connectivity index (χ0n) is 9.62. The van der Waals surface area contributed by atoms with E-state index in [-0.39, 0.29) is 5.91 Å². The highest BCUT2D eigenvalue weighted by molar-refractivity contribution is 5.80. The normalized spacial score (nSPS) is 26.0. The van der Waals surface area contributed by atoms with Crippen molar-refractivity contribution in [1.82, 2.24) is 4.90 Å². The fraction of sp³-hybridized carbons (Fsp3) is 0.818. The largest absolute Gasteiger partial charge is 0.481 e. The second kappa shape index (κ2) is 4.21. The van der Waals surface area contributed by atoms with Gasteiger partial charge in [0.05, 0.1) is 5.41 Å². The predicted octanol–water partition coefficient (Wildman–Crippen LogP) is 1.36. The maximum atomic E-state index is 11.7. The summed E-state index contributed by atoms with van der Waals surface area (Å²) in [6.07, 6.45) is 1.07. The number of carbonyl (C=O) groups is 2. The Balaban J connectivity index is 2.56. The van der Waals surface area contributed by atoms with Crippen LogP contribution in [0.1, 0.15) is 33.6 Å². The zero-order valence-corrected chi connectivity index (χ0v) is 9.62. The minimum atomic E-state index is -0.803. The van der Waals surface area contributed by atoms with E-state index in [4.69, 9.17) is 5.11 Å². The van der Waals surface area contributed by atoms with E-state index in [9.17, 15) is 9.59 Å². The summed E-state index contributed by atoms with van der Waals surface area (Å²) in [6, 6.07) is 0. The van der Waals surface area contributed by atoms with Crippen molar-refractivity contribution in [3.8, 4) is 0 Å². The lowest BCUT2D eigenvalue weighted by atomic mass is 9.90. The maximum Gasteiger partial charge on any atom is 0.311 e. The molecule has 15 heavy (non-hydrogen) atoms. The SMILES string of the molecule is CC(C)CC(=O)N1CCC(C)(C(=O)O)C1. The molecule has 1 N–H and O–H groups in total. The van der Waals surface area contributed by atoms with Crippen LogP contribution in [0, 0.1) is 11.3 Å². The van der Waals surface area contributed by atoms with Gasteiger partial charge in [0.1, 0.15) is 0 Å². The molecule has 1 aliphatic rings. The lowest BCUT2D eigenvalue weighted by molar-refractivity contribution is -0.147. The van der Waals surface area contributed by atoms with Crippen molar-refractivity contribution in [1.29, 1.82) is 0 Å². The summed E-state index contributed by atoms with van der Waals surface area (Å²) in [7, 11) is 0. The first kappa shape index (κ1) is 12.0. The maximum absolute atomic E-state index is 11.7. The third kappa shape index (κ3) is 2.70. The molecule has 1 saturated heterocycles. The molecule has 1 atom stereocenters. The molecular weight excluding hydrogens is 194 g/mol. The number of carbonyl (C=O) groups excluding carboxylic acids is 1. The van der Waals surface area contributed by atoms with Gasteiger partial charge in [-0.25, -0.2) is 0 Å². The average molecular weight is 213 g/mol. The third-order valence-corrected chi connectivity index (χ3v) is 2.93. The molecule has 1 unspecified atom stereocenters. The monoisotopic (exact) mass is 213 g/mol. The van der Waals surface area contributed by atoms with E-state index >= 15 is 0 Å². The molecule has 1 aliphatic heterocycles. The van der Waals surface area contributed by atoms with Gasteiger partial charge in [-0.1, -0.05) is 13.8 Å². The number of likely N-dealkylation sites (tertiary alicyclic amines) is 1. The summed E-state index contributed by atoms with van der Waals surface area (Å²) in [5.41, 5.74) is -0.743. The lowest BCUT2D eigenvalue weighted by Crippen LogP contribution is -2.35. The number of hydrogen-bond acceptors (Lipinski definition) is 2. The van der Waals surface area contributed by atoms with Gasteiger partial charge in [0, 0.05) is 19.5 Å². The molecular formula is C11H19NO3. The average Bonchev–Trinajstić information content (AvgIpc) is 2.48. The molecule has 4 heteroatoms. The second-order valence-corrected chi connectivity index (χ2v) is 5.03. The van der Waals surface area contributed by atoms with Crippen LogP contribution >= 0.6 is 0 Å². The van der Waals surface area contributed by atoms with E-state index in [0.29, 0.717) is 31.8 Å². The van der Waals surface area contributed by atoms with Crippen LogP contribution < -0.4 is 0 Å². The van der Waals surface area contributed by atoms with Crippen molar-refractivity contribution in [2.45, 2.75) is 33.6 Å². The molecule has 86 valence electrons. The number of amides is 1. The fourth-order valence-corrected chi connectivity index (χ4v) is 1.83. The van der Waals surface area contributed by atoms with E-state index < -0.39 is 11.4 Å². The zero-order chi connectivity index (χ0) is 11.6. The first-order valence-electron chi connectivity index (χ1n) is 5.36. The van der Waals surface area contributed by atoms with Crippen molar-refractivity contribution < 1.29 is 14.7 Å². The Morgan fingerprint density at radius 3 is 2.47 bits per heavy atom. The molecule has 4 nitrogen and oxygen atoms in total. The Morgan fingerprint density at radius 2 is 2.07 bits per heavy atom. The first-order chi connectivity index (χ1) is 6.85. The standard InChI is InChI=1S/C11H19NO3/c1-8(2)6-9(13)12-5-4-11(3,7-12)10(14)15/h8H,4-7H2,1-3H3,(H,14,15). The van der Waals surface area contributed by atoms with Crippen LogP contribution in [-0.4, -0.2) is 35.0 Å². The van der Waals surface area contributed by atoms with Gasteiger partial charge in [-0.05, 0) is 19.3 Å². The minimum Gasteiger partial charge on any atom is -0.481 e. The number of rotatable bonds is 3. The molecule has 1 rings (SSSR count). The summed E-state index contributed by atoms with van der Waals surface area (Å²) in [5, 5.41) is 9.02. The van der Waals surface area contributed by atoms with Crippen molar-refractivity contribution in [3.63, 3.8) is 0 Å². The van der Waals surface area contributed by atoms with E-state index in [1.165, 1.54) is 0 Å². The van der Waals surface area contributed by atoms with Crippen LogP contribution in [0.15, 0.2) is 0 Å². The molecule has 0 bridgehead atoms. The number of aliphatic carboxylic acids is 1. The Kier molecular flexibility index (Phi) is 3.37. The van der Waals surface area contributed by atoms with Crippen LogP contribution in [0.25, 0.3) is 0 Å². The van der Waals surface area contributed by atoms with Crippen LogP contribution in [0.4, 0.5) is 0 Å². The van der Waals surface area contributed by atoms with Crippen molar-refractivity contribution in [2.24, 2.45) is 11.3 Å². The van der Waals surface area contributed by atoms with E-state index in [1.807, 2.05) is 13.8 Å². The summed E-state index contributed by atoms with van der Waals surface area (Å²) < 4.78 is 0. The predicted molar refractivity (Wildman–Crippen MR) is 56.4 cm³/mol. The highest BCUT2D eigenvalue weighted by Gasteiger charge is 2.41. The van der Waals surface area contributed by atoms with Gasteiger partial charge in [0.2, 0.25) is 5.91 Å². The van der Waals surface area contributed by atoms with E-state index in [1.54, 1.807) is 11.8 Å². The summed E-state index contributed by atoms with van der Waals surface area (Å²) >= 11 is 0. The van der Waals surface area contributed by atoms with Gasteiger partial charge in [-0.3, -0.25) is 9.59 Å². The van der Waals surface area contributed by atoms with E-state index in [0.717, 1.165) is 0 Å². The van der Waals surface area contributed by atoms with Crippen molar-refractivity contribution >= 4 is 11.9 Å². The first-order valence-corrected chi connectivity index (χ1v) is 5.36. The Hall–Kier alpha value is -1.06. The highest BCUT2D eigenvalue weighted by atomic mass is 16.4. The molecule has 1 amide bonds. The molecule has 1 fully saturated rings. The molecule has 0 aromatic carbocycles. The molecule has 0 radical (unpaired) electrons. The number of carboxylic acid groups (broad SMARTS) is 1. The second-order valence-electron chi connectivity index (χ2n) is 5.03. The van der Waals surface area contributed by atoms with Gasteiger partial charge in [-0.2, -0.15) is 0 Å². The Labute approximate surface area is 90.3 Å². The van der Waals surface area contributed by atoms with Crippen molar-refractivity contribution in [3.05, 3.63) is 0 Å². The molecule has 0 saturated carbocycles. The number of nitrogens with zero attached hydrogens (tertiary/aromatic N) is 1. The molecule has 0 spiro atoms. The molecule has 0 aromatic heterocycles. The highest BCUT2D eigenvalue weighted by Crippen LogP contribution is 2.30. The Morgan fingerprint density at radius 1 is 1.47 bits per heavy atom. The third-order valence-electron chi connectivity index (χ3n) is 2.93. The van der Waals surface area contributed by atoms with Crippen LogP contribution in [0.3, 0.4) is 0 Å². The quantitative estimate of drug-likeness (QED) is 0.770. The van der Waals surface area contributed by atoms with Crippen LogP contribution in [0.2, 0.25) is 0 Å². The van der Waals surface area contributed by atoms with Gasteiger partial charge in [0.15, 0.2) is 0 Å². The summed E-state index contributed by atoms with van der Waals surface area (Å²) in [5.74, 6) is -0.397. The van der Waals surface area contributed by atoms with Gasteiger partial charge < -0.3 is 10.0 Å². The smallest absolute Gasteiger partial charge is 0.311 e. The minimum absolute atomic E-state index is 0.0787. The van der Waals surface area contributed by atoms with E-state index in [2.05, 4.69) is 0 Å². The lowest BCUT2D eigenvalue weighted by Gasteiger charge is -2.20. The van der Waals surface area contributed by atoms with Crippen LogP contribution in [-0.2, 0) is 9.59 Å². The number of carboxylic acids is 1. The van der Waals surface area contributed by atoms with Gasteiger partial charge in [0.25, 0.3) is 0 Å². The van der Waals surface area contributed by atoms with Gasteiger partial charge in [-0.15, -0.1) is 0 Å². The summed E-state index contributed by atoms with van der Waals surface area (Å²) in [4.78, 5) is 24.3. The molecule has 1 heterocycles. The molecule has 0 aliphatic carbocycles. The van der Waals surface area contributed by atoms with Crippen molar-refractivity contribution in [2.75, 3.05) is 13.1 Å². The number of hydrogen-bond donors (Lipinski definition) is 1. The topological polar surface area (TPSA) is 57.6 Å². The molecule has 0 aromatic rings. The van der Waals surface area contributed by atoms with Gasteiger partial charge >= 0.3 is 5.97 Å². The fourth-order valence-electron chi connectivity index (χ4n) is 1.83. The van der Waals surface area contributed by atoms with Crippen LogP contribution in [0.5, 0.6) is 0 Å².